The van der Waals surface area contributed by atoms with E-state index in [1.54, 1.807) is 43.3 Å². The molecule has 0 amide bonds. The van der Waals surface area contributed by atoms with Crippen LogP contribution in [0.2, 0.25) is 0 Å². The van der Waals surface area contributed by atoms with Crippen molar-refractivity contribution in [3.05, 3.63) is 69.8 Å². The fourth-order valence-corrected chi connectivity index (χ4v) is 4.97. The summed E-state index contributed by atoms with van der Waals surface area (Å²) in [5, 5.41) is 0. The Kier molecular flexibility index (Phi) is 5.57. The van der Waals surface area contributed by atoms with Crippen molar-refractivity contribution < 1.29 is 27.5 Å². The van der Waals surface area contributed by atoms with Crippen molar-refractivity contribution in [3.8, 4) is 0 Å². The molecule has 0 aliphatic carbocycles. The summed E-state index contributed by atoms with van der Waals surface area (Å²) in [7, 11) is -2.88. The van der Waals surface area contributed by atoms with Gasteiger partial charge in [-0.1, -0.05) is 24.3 Å². The molecule has 0 unspecified atom stereocenters. The number of nitrogens with zero attached hydrogens (tertiary/aromatic N) is 1. The van der Waals surface area contributed by atoms with E-state index in [2.05, 4.69) is 15.9 Å². The lowest BCUT2D eigenvalue weighted by Crippen LogP contribution is -2.39. The predicted octanol–water partition coefficient (Wildman–Crippen LogP) is 3.17. The number of fused-ring (bicyclic) bond motifs is 1. The van der Waals surface area contributed by atoms with Gasteiger partial charge >= 0.3 is 11.9 Å². The zero-order chi connectivity index (χ0) is 20.5. The molecule has 0 aromatic heterocycles. The minimum Gasteiger partial charge on any atom is -0.464 e. The van der Waals surface area contributed by atoms with Crippen molar-refractivity contribution >= 4 is 43.7 Å². The lowest BCUT2D eigenvalue weighted by Gasteiger charge is -2.31. The maximum atomic E-state index is 13.0. The fraction of sp³-hybridized carbons (Fsp3) is 0.158. The van der Waals surface area contributed by atoms with E-state index in [0.717, 1.165) is 11.4 Å². The molecule has 3 rings (SSSR count). The molecular weight excluding hydrogens is 450 g/mol. The fourth-order valence-electron chi connectivity index (χ4n) is 2.86. The Bertz CT molecular complexity index is 1090. The van der Waals surface area contributed by atoms with Crippen molar-refractivity contribution in [2.75, 3.05) is 13.7 Å². The van der Waals surface area contributed by atoms with E-state index < -0.39 is 22.0 Å². The third-order valence-electron chi connectivity index (χ3n) is 4.12. The van der Waals surface area contributed by atoms with Crippen LogP contribution in [0.25, 0.3) is 5.76 Å². The highest BCUT2D eigenvalue weighted by atomic mass is 79.9. The molecule has 0 fully saturated rings. The van der Waals surface area contributed by atoms with Gasteiger partial charge in [0.1, 0.15) is 0 Å². The molecule has 0 bridgehead atoms. The summed E-state index contributed by atoms with van der Waals surface area (Å²) in [6.45, 7) is 1.53. The Hall–Kier alpha value is -2.65. The van der Waals surface area contributed by atoms with Crippen molar-refractivity contribution in [1.29, 1.82) is 0 Å². The van der Waals surface area contributed by atoms with Gasteiger partial charge in [0.15, 0.2) is 11.5 Å². The standard InChI is InChI=1S/C19H16BrNO6S/c1-3-21-16(19(23)26-2)17(13-9-5-7-11-15(13)28(21,24)25)27-18(22)12-8-4-6-10-14(12)20/h4-11H,3H2,1-2H3. The van der Waals surface area contributed by atoms with Crippen LogP contribution in [0.3, 0.4) is 0 Å². The second kappa shape index (κ2) is 7.76. The molecule has 0 N–H and O–H groups in total. The number of likely N-dealkylation sites (N-methyl/N-ethyl adjacent to an activating group) is 1. The number of esters is 2. The average molecular weight is 466 g/mol. The third-order valence-corrected chi connectivity index (χ3v) is 6.74. The Morgan fingerprint density at radius 3 is 2.32 bits per heavy atom. The number of sulfonamides is 1. The zero-order valence-corrected chi connectivity index (χ0v) is 17.4. The first kappa shape index (κ1) is 20.1. The zero-order valence-electron chi connectivity index (χ0n) is 15.0. The van der Waals surface area contributed by atoms with Gasteiger partial charge in [-0.2, -0.15) is 0 Å². The summed E-state index contributed by atoms with van der Waals surface area (Å²) in [5.41, 5.74) is 0.00489. The largest absolute Gasteiger partial charge is 0.464 e. The smallest absolute Gasteiger partial charge is 0.359 e. The normalized spacial score (nSPS) is 15.0. The van der Waals surface area contributed by atoms with Gasteiger partial charge in [0.25, 0.3) is 10.0 Å². The highest BCUT2D eigenvalue weighted by Gasteiger charge is 2.41. The molecule has 0 saturated heterocycles. The Labute approximate surface area is 170 Å². The van der Waals surface area contributed by atoms with E-state index in [4.69, 9.17) is 9.47 Å². The first-order valence-corrected chi connectivity index (χ1v) is 10.5. The molecule has 0 spiro atoms. The molecule has 2 aromatic rings. The van der Waals surface area contributed by atoms with Gasteiger partial charge in [-0.3, -0.25) is 4.31 Å². The predicted molar refractivity (Wildman–Crippen MR) is 105 cm³/mol. The van der Waals surface area contributed by atoms with Crippen molar-refractivity contribution in [1.82, 2.24) is 4.31 Å². The minimum atomic E-state index is -4.00. The van der Waals surface area contributed by atoms with Crippen LogP contribution < -0.4 is 0 Å². The lowest BCUT2D eigenvalue weighted by atomic mass is 10.1. The SMILES string of the molecule is CCN1C(C(=O)OC)=C(OC(=O)c2ccccc2Br)c2ccccc2S1(=O)=O. The topological polar surface area (TPSA) is 90.0 Å². The number of benzene rings is 2. The highest BCUT2D eigenvalue weighted by Crippen LogP contribution is 2.38. The number of hydrogen-bond donors (Lipinski definition) is 0. The number of ether oxygens (including phenoxy) is 2. The summed E-state index contributed by atoms with van der Waals surface area (Å²) < 4.78 is 37.6. The van der Waals surface area contributed by atoms with Gasteiger partial charge in [-0.05, 0) is 47.1 Å². The maximum absolute atomic E-state index is 13.0. The van der Waals surface area contributed by atoms with Crippen LogP contribution in [0, 0.1) is 0 Å². The first-order valence-electron chi connectivity index (χ1n) is 8.24. The molecule has 2 aromatic carbocycles. The van der Waals surface area contributed by atoms with Gasteiger partial charge in [-0.25, -0.2) is 18.0 Å². The van der Waals surface area contributed by atoms with E-state index in [-0.39, 0.29) is 34.0 Å². The summed E-state index contributed by atoms with van der Waals surface area (Å²) in [5.74, 6) is -1.83. The lowest BCUT2D eigenvalue weighted by molar-refractivity contribution is -0.137. The summed E-state index contributed by atoms with van der Waals surface area (Å²) >= 11 is 3.28. The number of methoxy groups -OCH3 is 1. The highest BCUT2D eigenvalue weighted by molar-refractivity contribution is 9.10. The third kappa shape index (κ3) is 3.31. The van der Waals surface area contributed by atoms with Gasteiger partial charge < -0.3 is 9.47 Å². The molecule has 0 atom stereocenters. The average Bonchev–Trinajstić information content (AvgIpc) is 2.69. The second-order valence-corrected chi connectivity index (χ2v) is 8.39. The molecule has 0 radical (unpaired) electrons. The second-order valence-electron chi connectivity index (χ2n) is 5.70. The Morgan fingerprint density at radius 2 is 1.68 bits per heavy atom. The van der Waals surface area contributed by atoms with Crippen molar-refractivity contribution in [2.24, 2.45) is 0 Å². The molecule has 1 aliphatic heterocycles. The van der Waals surface area contributed by atoms with Gasteiger partial charge in [0, 0.05) is 16.6 Å². The van der Waals surface area contributed by atoms with Crippen LogP contribution in [0.15, 0.2) is 63.6 Å². The summed E-state index contributed by atoms with van der Waals surface area (Å²) in [4.78, 5) is 25.1. The first-order chi connectivity index (χ1) is 13.3. The molecule has 28 heavy (non-hydrogen) atoms. The quantitative estimate of drug-likeness (QED) is 0.644. The van der Waals surface area contributed by atoms with Crippen LogP contribution in [0.5, 0.6) is 0 Å². The van der Waals surface area contributed by atoms with Crippen LogP contribution in [0.4, 0.5) is 0 Å². The van der Waals surface area contributed by atoms with Gasteiger partial charge in [0.2, 0.25) is 0 Å². The number of rotatable bonds is 4. The number of carbonyl (C=O) groups is 2. The molecule has 1 aliphatic rings. The van der Waals surface area contributed by atoms with E-state index >= 15 is 0 Å². The maximum Gasteiger partial charge on any atom is 0.359 e. The van der Waals surface area contributed by atoms with Crippen LogP contribution >= 0.6 is 15.9 Å². The minimum absolute atomic E-state index is 0.0445. The van der Waals surface area contributed by atoms with Crippen LogP contribution in [-0.4, -0.2) is 38.3 Å². The molecule has 9 heteroatoms. The van der Waals surface area contributed by atoms with Crippen molar-refractivity contribution in [2.45, 2.75) is 11.8 Å². The molecule has 1 heterocycles. The molecule has 0 saturated carbocycles. The number of hydrogen-bond acceptors (Lipinski definition) is 6. The van der Waals surface area contributed by atoms with E-state index in [1.807, 2.05) is 0 Å². The number of halogens is 1. The summed E-state index contributed by atoms with van der Waals surface area (Å²) in [6.07, 6.45) is 0. The van der Waals surface area contributed by atoms with Crippen LogP contribution in [-0.2, 0) is 24.3 Å². The monoisotopic (exact) mass is 465 g/mol. The van der Waals surface area contributed by atoms with Crippen LogP contribution in [0.1, 0.15) is 22.8 Å². The molecule has 7 nitrogen and oxygen atoms in total. The molecule has 146 valence electrons. The van der Waals surface area contributed by atoms with Crippen molar-refractivity contribution in [3.63, 3.8) is 0 Å². The Balaban J connectivity index is 2.24. The van der Waals surface area contributed by atoms with Gasteiger partial charge in [-0.15, -0.1) is 0 Å². The number of carbonyl (C=O) groups excluding carboxylic acids is 2. The van der Waals surface area contributed by atoms with Gasteiger partial charge in [0.05, 0.1) is 17.6 Å². The summed E-state index contributed by atoms with van der Waals surface area (Å²) in [6, 6.07) is 12.6. The van der Waals surface area contributed by atoms with E-state index in [0.29, 0.717) is 4.47 Å². The molecular formula is C19H16BrNO6S. The van der Waals surface area contributed by atoms with E-state index in [1.165, 1.54) is 12.1 Å². The van der Waals surface area contributed by atoms with E-state index in [9.17, 15) is 18.0 Å². The Morgan fingerprint density at radius 1 is 1.04 bits per heavy atom.